The number of nitrogens with one attached hydrogen (secondary N) is 2. The first-order valence-electron chi connectivity index (χ1n) is 12.6. The molecule has 0 saturated heterocycles. The van der Waals surface area contributed by atoms with Gasteiger partial charge in [0.15, 0.2) is 0 Å². The molecule has 0 amide bonds. The molecule has 2 aromatic rings. The quantitative estimate of drug-likeness (QED) is 0.406. The maximum atomic E-state index is 3.87. The minimum absolute atomic E-state index is 1.08. The Bertz CT molecular complexity index is 1200. The van der Waals surface area contributed by atoms with Gasteiger partial charge < -0.3 is 10.6 Å². The van der Waals surface area contributed by atoms with E-state index in [0.29, 0.717) is 0 Å². The van der Waals surface area contributed by atoms with E-state index in [1.807, 2.05) is 0 Å². The molecule has 36 heavy (non-hydrogen) atoms. The molecule has 3 rings (SSSR count). The standard InChI is InChI=1S/C34H40N2/c1-23(2)19-21-25(5)27(7)31-32(28(8)26(6)22-20-24(3)4)36-34(30-17-13-10-14-18-30)33(35-31)29-15-11-9-12-16-29/h9-22,35-36H,1-8H3/b25-21+,26-22+,31-27?,32-28?. The lowest BCUT2D eigenvalue weighted by Crippen LogP contribution is -2.32. The van der Waals surface area contributed by atoms with Gasteiger partial charge in [-0.1, -0.05) is 96.1 Å². The highest BCUT2D eigenvalue weighted by Crippen LogP contribution is 2.34. The van der Waals surface area contributed by atoms with Crippen LogP contribution in [0.25, 0.3) is 11.4 Å². The van der Waals surface area contributed by atoms with Crippen molar-refractivity contribution < 1.29 is 0 Å². The molecule has 0 atom stereocenters. The Labute approximate surface area is 218 Å². The molecule has 0 radical (unpaired) electrons. The molecule has 0 aromatic heterocycles. The van der Waals surface area contributed by atoms with Crippen molar-refractivity contribution >= 4 is 11.4 Å². The van der Waals surface area contributed by atoms with Crippen LogP contribution in [0.5, 0.6) is 0 Å². The van der Waals surface area contributed by atoms with Crippen LogP contribution in [-0.4, -0.2) is 0 Å². The smallest absolute Gasteiger partial charge is 0.0703 e. The molecule has 0 saturated carbocycles. The molecule has 2 heteroatoms. The summed E-state index contributed by atoms with van der Waals surface area (Å²) in [6, 6.07) is 21.1. The molecule has 0 bridgehead atoms. The molecule has 2 nitrogen and oxygen atoms in total. The Kier molecular flexibility index (Phi) is 9.13. The van der Waals surface area contributed by atoms with Crippen LogP contribution in [0.3, 0.4) is 0 Å². The molecular formula is C34H40N2. The van der Waals surface area contributed by atoms with Crippen molar-refractivity contribution in [2.24, 2.45) is 0 Å². The van der Waals surface area contributed by atoms with Crippen molar-refractivity contribution in [2.75, 3.05) is 0 Å². The lowest BCUT2D eigenvalue weighted by atomic mass is 9.94. The average Bonchev–Trinajstić information content (AvgIpc) is 2.89. The Morgan fingerprint density at radius 3 is 1.11 bits per heavy atom. The minimum atomic E-state index is 1.08. The zero-order valence-electron chi connectivity index (χ0n) is 23.1. The molecule has 0 spiro atoms. The van der Waals surface area contributed by atoms with E-state index >= 15 is 0 Å². The first-order valence-corrected chi connectivity index (χ1v) is 12.6. The van der Waals surface area contributed by atoms with Gasteiger partial charge in [0.2, 0.25) is 0 Å². The van der Waals surface area contributed by atoms with Crippen molar-refractivity contribution in [1.29, 1.82) is 0 Å². The molecule has 2 N–H and O–H groups in total. The highest BCUT2D eigenvalue weighted by molar-refractivity contribution is 5.93. The summed E-state index contributed by atoms with van der Waals surface area (Å²) >= 11 is 0. The third-order valence-corrected chi connectivity index (χ3v) is 6.39. The van der Waals surface area contributed by atoms with Gasteiger partial charge >= 0.3 is 0 Å². The third kappa shape index (κ3) is 6.66. The summed E-state index contributed by atoms with van der Waals surface area (Å²) in [6.07, 6.45) is 8.76. The Morgan fingerprint density at radius 1 is 0.472 bits per heavy atom. The van der Waals surface area contributed by atoms with Gasteiger partial charge in [-0.25, -0.2) is 0 Å². The lowest BCUT2D eigenvalue weighted by Gasteiger charge is -2.32. The number of allylic oxidation sites excluding steroid dienone is 10. The highest BCUT2D eigenvalue weighted by atomic mass is 15.1. The van der Waals surface area contributed by atoms with Gasteiger partial charge in [-0.05, 0) is 77.7 Å². The van der Waals surface area contributed by atoms with Crippen molar-refractivity contribution in [1.82, 2.24) is 10.6 Å². The first kappa shape index (κ1) is 26.8. The first-order chi connectivity index (χ1) is 17.2. The summed E-state index contributed by atoms with van der Waals surface area (Å²) in [5.74, 6) is 0. The van der Waals surface area contributed by atoms with Gasteiger partial charge in [-0.2, -0.15) is 0 Å². The van der Waals surface area contributed by atoms with Gasteiger partial charge in [-0.3, -0.25) is 0 Å². The Hall–Kier alpha value is -3.78. The molecule has 0 fully saturated rings. The van der Waals surface area contributed by atoms with Crippen molar-refractivity contribution in [3.05, 3.63) is 141 Å². The van der Waals surface area contributed by atoms with Crippen molar-refractivity contribution in [3.63, 3.8) is 0 Å². The molecule has 2 aromatic carbocycles. The molecule has 1 aliphatic heterocycles. The largest absolute Gasteiger partial charge is 0.351 e. The van der Waals surface area contributed by atoms with Crippen LogP contribution >= 0.6 is 0 Å². The van der Waals surface area contributed by atoms with Crippen LogP contribution in [0.1, 0.15) is 66.5 Å². The van der Waals surface area contributed by atoms with E-state index in [2.05, 4.69) is 151 Å². The topological polar surface area (TPSA) is 24.1 Å². The highest BCUT2D eigenvalue weighted by Gasteiger charge is 2.25. The zero-order valence-corrected chi connectivity index (χ0v) is 23.1. The number of hydrogen-bond acceptors (Lipinski definition) is 2. The summed E-state index contributed by atoms with van der Waals surface area (Å²) in [4.78, 5) is 0. The summed E-state index contributed by atoms with van der Waals surface area (Å²) in [5, 5.41) is 7.74. The van der Waals surface area contributed by atoms with Gasteiger partial charge in [0.1, 0.15) is 0 Å². The van der Waals surface area contributed by atoms with Crippen LogP contribution < -0.4 is 10.6 Å². The summed E-state index contributed by atoms with van der Waals surface area (Å²) in [7, 11) is 0. The van der Waals surface area contributed by atoms with Crippen LogP contribution in [0, 0.1) is 0 Å². The maximum absolute atomic E-state index is 3.87. The Balaban J connectivity index is 2.33. The SMILES string of the molecule is CC(C)=C/C=C(\C)C(C)=C1NC(c2ccccc2)=C(c2ccccc2)NC1=C(C)/C(C)=C/C=C(C)C. The summed E-state index contributed by atoms with van der Waals surface area (Å²) < 4.78 is 0. The zero-order chi connectivity index (χ0) is 26.2. The lowest BCUT2D eigenvalue weighted by molar-refractivity contribution is 0.912. The van der Waals surface area contributed by atoms with Gasteiger partial charge in [0, 0.05) is 11.1 Å². The molecule has 0 aliphatic carbocycles. The van der Waals surface area contributed by atoms with E-state index in [0.717, 1.165) is 33.9 Å². The molecule has 0 unspecified atom stereocenters. The summed E-state index contributed by atoms with van der Waals surface area (Å²) in [6.45, 7) is 17.3. The number of hydrogen-bond donors (Lipinski definition) is 2. The fraction of sp³-hybridized carbons (Fsp3) is 0.235. The van der Waals surface area contributed by atoms with E-state index in [-0.39, 0.29) is 0 Å². The van der Waals surface area contributed by atoms with Crippen LogP contribution in [0.2, 0.25) is 0 Å². The monoisotopic (exact) mass is 476 g/mol. The van der Waals surface area contributed by atoms with E-state index in [1.54, 1.807) is 0 Å². The third-order valence-electron chi connectivity index (χ3n) is 6.39. The predicted molar refractivity (Wildman–Crippen MR) is 158 cm³/mol. The molecule has 1 heterocycles. The maximum Gasteiger partial charge on any atom is 0.0703 e. The second-order valence-corrected chi connectivity index (χ2v) is 9.92. The van der Waals surface area contributed by atoms with Gasteiger partial charge in [0.25, 0.3) is 0 Å². The van der Waals surface area contributed by atoms with Gasteiger partial charge in [0.05, 0.1) is 22.8 Å². The van der Waals surface area contributed by atoms with Crippen LogP contribution in [-0.2, 0) is 0 Å². The second kappa shape index (κ2) is 12.3. The number of rotatable bonds is 6. The van der Waals surface area contributed by atoms with Crippen LogP contribution in [0.4, 0.5) is 0 Å². The average molecular weight is 477 g/mol. The molecule has 1 aliphatic rings. The van der Waals surface area contributed by atoms with E-state index in [4.69, 9.17) is 0 Å². The van der Waals surface area contributed by atoms with Gasteiger partial charge in [-0.15, -0.1) is 0 Å². The second-order valence-electron chi connectivity index (χ2n) is 9.92. The summed E-state index contributed by atoms with van der Waals surface area (Å²) in [5.41, 5.74) is 14.1. The normalized spacial score (nSPS) is 17.1. The van der Waals surface area contributed by atoms with E-state index in [1.165, 1.54) is 33.4 Å². The molecular weight excluding hydrogens is 436 g/mol. The fourth-order valence-electron chi connectivity index (χ4n) is 3.93. The Morgan fingerprint density at radius 2 is 0.806 bits per heavy atom. The fourth-order valence-corrected chi connectivity index (χ4v) is 3.93. The number of benzene rings is 2. The van der Waals surface area contributed by atoms with E-state index in [9.17, 15) is 0 Å². The van der Waals surface area contributed by atoms with Crippen LogP contribution in [0.15, 0.2) is 130 Å². The van der Waals surface area contributed by atoms with Crippen molar-refractivity contribution in [2.45, 2.75) is 55.4 Å². The van der Waals surface area contributed by atoms with Crippen molar-refractivity contribution in [3.8, 4) is 0 Å². The van der Waals surface area contributed by atoms with E-state index < -0.39 is 0 Å². The minimum Gasteiger partial charge on any atom is -0.351 e. The predicted octanol–water partition coefficient (Wildman–Crippen LogP) is 9.08. The molecule has 186 valence electrons.